The van der Waals surface area contributed by atoms with Crippen molar-refractivity contribution in [3.05, 3.63) is 29.6 Å². The fourth-order valence-electron chi connectivity index (χ4n) is 3.16. The molecule has 2 heterocycles. The highest BCUT2D eigenvalue weighted by atomic mass is 19.1. The van der Waals surface area contributed by atoms with Crippen LogP contribution in [0.3, 0.4) is 0 Å². The van der Waals surface area contributed by atoms with Crippen LogP contribution in [0.15, 0.2) is 18.2 Å². The van der Waals surface area contributed by atoms with Crippen LogP contribution in [0, 0.1) is 17.7 Å². The second kappa shape index (κ2) is 4.86. The van der Waals surface area contributed by atoms with Gasteiger partial charge in [-0.15, -0.1) is 0 Å². The van der Waals surface area contributed by atoms with Crippen molar-refractivity contribution in [3.63, 3.8) is 0 Å². The topological polar surface area (TPSA) is 24.5 Å². The van der Waals surface area contributed by atoms with Crippen molar-refractivity contribution < 1.29 is 9.13 Å². The van der Waals surface area contributed by atoms with Gasteiger partial charge in [-0.05, 0) is 31.0 Å². The standard InChI is InChI=1S/C14H19FN2O/c1-18-13-4-2-3-10(14(13)15)7-17-8-11-5-16-6-12(11)9-17/h2-4,11-12,16H,5-9H2,1H3. The number of ether oxygens (including phenoxy) is 1. The maximum absolute atomic E-state index is 14.1. The van der Waals surface area contributed by atoms with Crippen LogP contribution in [0.25, 0.3) is 0 Å². The van der Waals surface area contributed by atoms with Crippen LogP contribution in [0.1, 0.15) is 5.56 Å². The summed E-state index contributed by atoms with van der Waals surface area (Å²) < 4.78 is 19.1. The third-order valence-corrected chi connectivity index (χ3v) is 4.12. The van der Waals surface area contributed by atoms with Gasteiger partial charge in [0, 0.05) is 25.2 Å². The lowest BCUT2D eigenvalue weighted by Crippen LogP contribution is -2.25. The maximum atomic E-state index is 14.1. The maximum Gasteiger partial charge on any atom is 0.169 e. The van der Waals surface area contributed by atoms with Gasteiger partial charge in [0.2, 0.25) is 0 Å². The van der Waals surface area contributed by atoms with Crippen molar-refractivity contribution in [2.24, 2.45) is 11.8 Å². The molecule has 0 bridgehead atoms. The highest BCUT2D eigenvalue weighted by Gasteiger charge is 2.36. The van der Waals surface area contributed by atoms with Gasteiger partial charge in [-0.3, -0.25) is 4.90 Å². The molecular weight excluding hydrogens is 231 g/mol. The normalized spacial score (nSPS) is 27.4. The van der Waals surface area contributed by atoms with E-state index in [0.717, 1.165) is 43.6 Å². The Morgan fingerprint density at radius 3 is 2.72 bits per heavy atom. The van der Waals surface area contributed by atoms with Crippen LogP contribution in [0.4, 0.5) is 4.39 Å². The number of fused-ring (bicyclic) bond motifs is 1. The van der Waals surface area contributed by atoms with E-state index in [9.17, 15) is 4.39 Å². The van der Waals surface area contributed by atoms with E-state index >= 15 is 0 Å². The summed E-state index contributed by atoms with van der Waals surface area (Å²) in [5.74, 6) is 1.63. The van der Waals surface area contributed by atoms with Crippen LogP contribution in [0.2, 0.25) is 0 Å². The Bertz CT molecular complexity index is 426. The van der Waals surface area contributed by atoms with E-state index in [1.54, 1.807) is 6.07 Å². The van der Waals surface area contributed by atoms with E-state index in [2.05, 4.69) is 10.2 Å². The molecule has 3 nitrogen and oxygen atoms in total. The smallest absolute Gasteiger partial charge is 0.169 e. The molecule has 2 aliphatic heterocycles. The number of hydrogen-bond donors (Lipinski definition) is 1. The molecule has 2 fully saturated rings. The first-order valence-electron chi connectivity index (χ1n) is 6.52. The summed E-state index contributed by atoms with van der Waals surface area (Å²) in [7, 11) is 1.51. The summed E-state index contributed by atoms with van der Waals surface area (Å²) in [6.45, 7) is 5.07. The van der Waals surface area contributed by atoms with Crippen LogP contribution >= 0.6 is 0 Å². The first-order valence-corrected chi connectivity index (χ1v) is 6.52. The molecule has 0 aromatic heterocycles. The fraction of sp³-hybridized carbons (Fsp3) is 0.571. The van der Waals surface area contributed by atoms with Gasteiger partial charge in [0.1, 0.15) is 0 Å². The Kier molecular flexibility index (Phi) is 3.22. The SMILES string of the molecule is COc1cccc(CN2CC3CNCC3C2)c1F. The molecule has 0 aliphatic carbocycles. The molecule has 18 heavy (non-hydrogen) atoms. The molecule has 1 aromatic carbocycles. The van der Waals surface area contributed by atoms with Crippen LogP contribution in [-0.4, -0.2) is 38.2 Å². The Morgan fingerprint density at radius 1 is 1.33 bits per heavy atom. The summed E-state index contributed by atoms with van der Waals surface area (Å²) in [4.78, 5) is 2.36. The van der Waals surface area contributed by atoms with Gasteiger partial charge in [-0.1, -0.05) is 12.1 Å². The lowest BCUT2D eigenvalue weighted by atomic mass is 10.0. The highest BCUT2D eigenvalue weighted by Crippen LogP contribution is 2.29. The zero-order chi connectivity index (χ0) is 12.5. The van der Waals surface area contributed by atoms with Crippen molar-refractivity contribution in [1.29, 1.82) is 0 Å². The first kappa shape index (κ1) is 11.9. The Morgan fingerprint density at radius 2 is 2.06 bits per heavy atom. The highest BCUT2D eigenvalue weighted by molar-refractivity contribution is 5.31. The molecule has 2 saturated heterocycles. The summed E-state index contributed by atoms with van der Waals surface area (Å²) in [6.07, 6.45) is 0. The summed E-state index contributed by atoms with van der Waals surface area (Å²) in [5.41, 5.74) is 0.738. The number of hydrogen-bond acceptors (Lipinski definition) is 3. The van der Waals surface area contributed by atoms with E-state index in [1.807, 2.05) is 12.1 Å². The van der Waals surface area contributed by atoms with Crippen molar-refractivity contribution in [1.82, 2.24) is 10.2 Å². The Balaban J connectivity index is 1.70. The van der Waals surface area contributed by atoms with E-state index < -0.39 is 0 Å². The third kappa shape index (κ3) is 2.10. The molecular formula is C14H19FN2O. The minimum atomic E-state index is -0.213. The van der Waals surface area contributed by atoms with Crippen molar-refractivity contribution in [2.45, 2.75) is 6.54 Å². The minimum Gasteiger partial charge on any atom is -0.494 e. The predicted molar refractivity (Wildman–Crippen MR) is 68.1 cm³/mol. The Hall–Kier alpha value is -1.13. The van der Waals surface area contributed by atoms with Gasteiger partial charge in [-0.25, -0.2) is 4.39 Å². The molecule has 1 aromatic rings. The molecule has 4 heteroatoms. The number of rotatable bonds is 3. The van der Waals surface area contributed by atoms with Crippen molar-refractivity contribution in [2.75, 3.05) is 33.3 Å². The van der Waals surface area contributed by atoms with E-state index in [0.29, 0.717) is 12.3 Å². The number of methoxy groups -OCH3 is 1. The molecule has 2 atom stereocenters. The molecule has 0 saturated carbocycles. The summed E-state index contributed by atoms with van der Waals surface area (Å²) in [6, 6.07) is 5.38. The average molecular weight is 250 g/mol. The fourth-order valence-corrected chi connectivity index (χ4v) is 3.16. The number of benzene rings is 1. The average Bonchev–Trinajstić information content (AvgIpc) is 2.92. The second-order valence-corrected chi connectivity index (χ2v) is 5.31. The summed E-state index contributed by atoms with van der Waals surface area (Å²) >= 11 is 0. The molecule has 0 spiro atoms. The number of halogens is 1. The van der Waals surface area contributed by atoms with Crippen molar-refractivity contribution >= 4 is 0 Å². The summed E-state index contributed by atoms with van der Waals surface area (Å²) in [5, 5.41) is 3.42. The molecule has 98 valence electrons. The Labute approximate surface area is 107 Å². The van der Waals surface area contributed by atoms with E-state index in [1.165, 1.54) is 7.11 Å². The minimum absolute atomic E-state index is 0.213. The van der Waals surface area contributed by atoms with Gasteiger partial charge in [0.05, 0.1) is 7.11 Å². The largest absolute Gasteiger partial charge is 0.494 e. The third-order valence-electron chi connectivity index (χ3n) is 4.12. The molecule has 3 rings (SSSR count). The lowest BCUT2D eigenvalue weighted by Gasteiger charge is -2.18. The monoisotopic (exact) mass is 250 g/mol. The number of nitrogens with zero attached hydrogens (tertiary/aromatic N) is 1. The lowest BCUT2D eigenvalue weighted by molar-refractivity contribution is 0.297. The van der Waals surface area contributed by atoms with Crippen LogP contribution in [-0.2, 0) is 6.54 Å². The molecule has 2 aliphatic rings. The van der Waals surface area contributed by atoms with E-state index in [-0.39, 0.29) is 5.82 Å². The van der Waals surface area contributed by atoms with Gasteiger partial charge < -0.3 is 10.1 Å². The predicted octanol–water partition coefficient (Wildman–Crippen LogP) is 1.49. The number of likely N-dealkylation sites (tertiary alicyclic amines) is 1. The number of nitrogens with one attached hydrogen (secondary N) is 1. The quantitative estimate of drug-likeness (QED) is 0.879. The molecule has 0 amide bonds. The molecule has 1 N–H and O–H groups in total. The van der Waals surface area contributed by atoms with Gasteiger partial charge in [0.15, 0.2) is 11.6 Å². The molecule has 2 unspecified atom stereocenters. The van der Waals surface area contributed by atoms with Gasteiger partial charge >= 0.3 is 0 Å². The van der Waals surface area contributed by atoms with Gasteiger partial charge in [-0.2, -0.15) is 0 Å². The van der Waals surface area contributed by atoms with Crippen LogP contribution < -0.4 is 10.1 Å². The van der Waals surface area contributed by atoms with Gasteiger partial charge in [0.25, 0.3) is 0 Å². The van der Waals surface area contributed by atoms with E-state index in [4.69, 9.17) is 4.74 Å². The molecule has 0 radical (unpaired) electrons. The first-order chi connectivity index (χ1) is 8.78. The zero-order valence-electron chi connectivity index (χ0n) is 10.7. The van der Waals surface area contributed by atoms with Crippen LogP contribution in [0.5, 0.6) is 5.75 Å². The van der Waals surface area contributed by atoms with Crippen molar-refractivity contribution in [3.8, 4) is 5.75 Å². The second-order valence-electron chi connectivity index (χ2n) is 5.31. The zero-order valence-corrected chi connectivity index (χ0v) is 10.7.